The molecule has 1 atom stereocenters. The van der Waals surface area contributed by atoms with E-state index in [0.29, 0.717) is 12.0 Å². The Labute approximate surface area is 123 Å². The van der Waals surface area contributed by atoms with Gasteiger partial charge >= 0.3 is 6.18 Å². The highest BCUT2D eigenvalue weighted by Crippen LogP contribution is 2.34. The molecular formula is C16H21F3N2. The summed E-state index contributed by atoms with van der Waals surface area (Å²) in [4.78, 5) is 2.25. The minimum Gasteiger partial charge on any atom is -0.370 e. The normalized spacial score (nSPS) is 22.5. The van der Waals surface area contributed by atoms with Gasteiger partial charge in [-0.25, -0.2) is 0 Å². The number of nitrogens with zero attached hydrogens (tertiary/aromatic N) is 1. The number of nitrogens with one attached hydrogen (secondary N) is 1. The van der Waals surface area contributed by atoms with Crippen LogP contribution in [0.25, 0.3) is 0 Å². The lowest BCUT2D eigenvalue weighted by Gasteiger charge is -2.28. The third-order valence-corrected chi connectivity index (χ3v) is 4.34. The van der Waals surface area contributed by atoms with E-state index in [2.05, 4.69) is 10.2 Å². The summed E-state index contributed by atoms with van der Waals surface area (Å²) < 4.78 is 37.9. The van der Waals surface area contributed by atoms with Gasteiger partial charge in [0.25, 0.3) is 0 Å². The van der Waals surface area contributed by atoms with E-state index >= 15 is 0 Å². The van der Waals surface area contributed by atoms with Crippen LogP contribution in [0, 0.1) is 5.92 Å². The molecule has 21 heavy (non-hydrogen) atoms. The molecule has 1 saturated carbocycles. The second-order valence-electron chi connectivity index (χ2n) is 6.19. The van der Waals surface area contributed by atoms with Crippen LogP contribution in [0.3, 0.4) is 0 Å². The number of hydrogen-bond acceptors (Lipinski definition) is 2. The second kappa shape index (κ2) is 5.87. The summed E-state index contributed by atoms with van der Waals surface area (Å²) in [6.45, 7) is 2.90. The highest BCUT2D eigenvalue weighted by Gasteiger charge is 2.31. The first-order valence-corrected chi connectivity index (χ1v) is 7.68. The van der Waals surface area contributed by atoms with Crippen LogP contribution >= 0.6 is 0 Å². The van der Waals surface area contributed by atoms with Crippen molar-refractivity contribution in [2.24, 2.45) is 5.92 Å². The van der Waals surface area contributed by atoms with E-state index in [9.17, 15) is 13.2 Å². The molecule has 1 aromatic carbocycles. The highest BCUT2D eigenvalue weighted by molar-refractivity contribution is 5.48. The lowest BCUT2D eigenvalue weighted by molar-refractivity contribution is -0.137. The molecule has 2 nitrogen and oxygen atoms in total. The molecule has 0 spiro atoms. The van der Waals surface area contributed by atoms with Crippen molar-refractivity contribution in [3.63, 3.8) is 0 Å². The zero-order valence-corrected chi connectivity index (χ0v) is 12.0. The van der Waals surface area contributed by atoms with Crippen molar-refractivity contribution in [1.82, 2.24) is 5.32 Å². The highest BCUT2D eigenvalue weighted by atomic mass is 19.4. The summed E-state index contributed by atoms with van der Waals surface area (Å²) >= 11 is 0. The molecule has 1 unspecified atom stereocenters. The van der Waals surface area contributed by atoms with Crippen molar-refractivity contribution >= 4 is 5.69 Å². The molecule has 116 valence electrons. The fraction of sp³-hybridized carbons (Fsp3) is 0.625. The van der Waals surface area contributed by atoms with Crippen molar-refractivity contribution in [2.75, 3.05) is 24.5 Å². The monoisotopic (exact) mass is 298 g/mol. The molecular weight excluding hydrogens is 277 g/mol. The van der Waals surface area contributed by atoms with Gasteiger partial charge in [0.15, 0.2) is 0 Å². The van der Waals surface area contributed by atoms with Crippen LogP contribution in [0.2, 0.25) is 0 Å². The summed E-state index contributed by atoms with van der Waals surface area (Å²) in [5, 5.41) is 3.46. The van der Waals surface area contributed by atoms with Crippen LogP contribution in [0.1, 0.15) is 31.2 Å². The van der Waals surface area contributed by atoms with Gasteiger partial charge in [0.1, 0.15) is 0 Å². The molecule has 0 radical (unpaired) electrons. The van der Waals surface area contributed by atoms with Gasteiger partial charge in [0, 0.05) is 24.8 Å². The minimum absolute atomic E-state index is 0.464. The van der Waals surface area contributed by atoms with Gasteiger partial charge in [-0.2, -0.15) is 13.2 Å². The first-order chi connectivity index (χ1) is 10.0. The van der Waals surface area contributed by atoms with Crippen molar-refractivity contribution in [3.8, 4) is 0 Å². The Hall–Kier alpha value is -1.23. The SMILES string of the molecule is FC(F)(F)c1ccc(N(CC2CC2)CC2CCCN2)cc1. The van der Waals surface area contributed by atoms with Crippen LogP contribution in [0.4, 0.5) is 18.9 Å². The number of alkyl halides is 3. The van der Waals surface area contributed by atoms with E-state index in [0.717, 1.165) is 31.7 Å². The van der Waals surface area contributed by atoms with Crippen LogP contribution in [-0.4, -0.2) is 25.7 Å². The van der Waals surface area contributed by atoms with Crippen molar-refractivity contribution in [3.05, 3.63) is 29.8 Å². The zero-order valence-electron chi connectivity index (χ0n) is 12.0. The maximum absolute atomic E-state index is 12.6. The molecule has 1 N–H and O–H groups in total. The Morgan fingerprint density at radius 3 is 2.29 bits per heavy atom. The molecule has 1 aliphatic carbocycles. The Bertz CT molecular complexity index is 459. The van der Waals surface area contributed by atoms with Gasteiger partial charge < -0.3 is 10.2 Å². The van der Waals surface area contributed by atoms with Gasteiger partial charge in [-0.05, 0) is 62.4 Å². The third kappa shape index (κ3) is 3.90. The predicted octanol–water partition coefficient (Wildman–Crippen LogP) is 3.67. The number of benzene rings is 1. The summed E-state index contributed by atoms with van der Waals surface area (Å²) in [6, 6.07) is 6.07. The summed E-state index contributed by atoms with van der Waals surface area (Å²) in [5.41, 5.74) is 0.334. The van der Waals surface area contributed by atoms with Crippen molar-refractivity contribution in [1.29, 1.82) is 0 Å². The topological polar surface area (TPSA) is 15.3 Å². The van der Waals surface area contributed by atoms with Crippen LogP contribution in [0.5, 0.6) is 0 Å². The van der Waals surface area contributed by atoms with Gasteiger partial charge in [0.05, 0.1) is 5.56 Å². The molecule has 0 amide bonds. The first kappa shape index (κ1) is 14.7. The Balaban J connectivity index is 1.71. The Morgan fingerprint density at radius 1 is 1.05 bits per heavy atom. The fourth-order valence-corrected chi connectivity index (χ4v) is 2.94. The summed E-state index contributed by atoms with van der Waals surface area (Å²) in [6.07, 6.45) is 0.577. The number of halogens is 3. The minimum atomic E-state index is -4.26. The van der Waals surface area contributed by atoms with Gasteiger partial charge in [-0.3, -0.25) is 0 Å². The first-order valence-electron chi connectivity index (χ1n) is 7.68. The van der Waals surface area contributed by atoms with E-state index in [1.807, 2.05) is 0 Å². The molecule has 1 heterocycles. The van der Waals surface area contributed by atoms with E-state index in [4.69, 9.17) is 0 Å². The van der Waals surface area contributed by atoms with Gasteiger partial charge in [0.2, 0.25) is 0 Å². The second-order valence-corrected chi connectivity index (χ2v) is 6.19. The standard InChI is InChI=1S/C16H21F3N2/c17-16(18,19)13-5-7-15(8-6-13)21(10-12-3-4-12)11-14-2-1-9-20-14/h5-8,12,14,20H,1-4,9-11H2. The quantitative estimate of drug-likeness (QED) is 0.892. The molecule has 0 bridgehead atoms. The Morgan fingerprint density at radius 2 is 1.76 bits per heavy atom. The lowest BCUT2D eigenvalue weighted by atomic mass is 10.1. The average Bonchev–Trinajstić information content (AvgIpc) is 3.11. The van der Waals surface area contributed by atoms with Crippen LogP contribution < -0.4 is 10.2 Å². The van der Waals surface area contributed by atoms with E-state index < -0.39 is 11.7 Å². The number of hydrogen-bond donors (Lipinski definition) is 1. The summed E-state index contributed by atoms with van der Waals surface area (Å²) in [5.74, 6) is 0.716. The van der Waals surface area contributed by atoms with Gasteiger partial charge in [-0.15, -0.1) is 0 Å². The summed E-state index contributed by atoms with van der Waals surface area (Å²) in [7, 11) is 0. The lowest BCUT2D eigenvalue weighted by Crippen LogP contribution is -2.38. The third-order valence-electron chi connectivity index (χ3n) is 4.34. The fourth-order valence-electron chi connectivity index (χ4n) is 2.94. The molecule has 1 aromatic rings. The maximum Gasteiger partial charge on any atom is 0.416 e. The van der Waals surface area contributed by atoms with E-state index in [1.165, 1.54) is 31.4 Å². The molecule has 1 saturated heterocycles. The van der Waals surface area contributed by atoms with Crippen molar-refractivity contribution in [2.45, 2.75) is 37.9 Å². The maximum atomic E-state index is 12.6. The molecule has 0 aromatic heterocycles. The van der Waals surface area contributed by atoms with Crippen LogP contribution in [0.15, 0.2) is 24.3 Å². The molecule has 1 aliphatic heterocycles. The smallest absolute Gasteiger partial charge is 0.370 e. The molecule has 3 rings (SSSR count). The Kier molecular flexibility index (Phi) is 4.11. The van der Waals surface area contributed by atoms with E-state index in [1.54, 1.807) is 12.1 Å². The van der Waals surface area contributed by atoms with E-state index in [-0.39, 0.29) is 0 Å². The average molecular weight is 298 g/mol. The number of anilines is 1. The van der Waals surface area contributed by atoms with Crippen LogP contribution in [-0.2, 0) is 6.18 Å². The molecule has 2 fully saturated rings. The molecule has 5 heteroatoms. The largest absolute Gasteiger partial charge is 0.416 e. The van der Waals surface area contributed by atoms with Crippen molar-refractivity contribution < 1.29 is 13.2 Å². The van der Waals surface area contributed by atoms with Gasteiger partial charge in [-0.1, -0.05) is 0 Å². The number of rotatable bonds is 5. The predicted molar refractivity (Wildman–Crippen MR) is 77.4 cm³/mol. The zero-order chi connectivity index (χ0) is 14.9. The molecule has 2 aliphatic rings.